The van der Waals surface area contributed by atoms with Crippen molar-refractivity contribution in [2.75, 3.05) is 6.61 Å². The molecule has 1 N–H and O–H groups in total. The molecule has 2 aromatic rings. The van der Waals surface area contributed by atoms with E-state index in [0.717, 1.165) is 13.0 Å². The van der Waals surface area contributed by atoms with Crippen LogP contribution in [-0.4, -0.2) is 42.7 Å². The van der Waals surface area contributed by atoms with E-state index in [-0.39, 0.29) is 6.23 Å². The van der Waals surface area contributed by atoms with E-state index in [9.17, 15) is 0 Å². The van der Waals surface area contributed by atoms with Crippen LogP contribution in [0.15, 0.2) is 24.5 Å². The molecule has 1 atom stereocenters. The third-order valence-electron chi connectivity index (χ3n) is 7.02. The van der Waals surface area contributed by atoms with Crippen molar-refractivity contribution in [3.8, 4) is 0 Å². The maximum atomic E-state index is 5.93. The zero-order valence-corrected chi connectivity index (χ0v) is 25.8. The van der Waals surface area contributed by atoms with E-state index in [1.807, 2.05) is 12.4 Å². The first-order valence-electron chi connectivity index (χ1n) is 13.3. The van der Waals surface area contributed by atoms with E-state index in [1.54, 1.807) is 0 Å². The van der Waals surface area contributed by atoms with Crippen molar-refractivity contribution < 1.29 is 4.74 Å². The summed E-state index contributed by atoms with van der Waals surface area (Å²) in [6, 6.07) is 7.01. The van der Waals surface area contributed by atoms with Crippen molar-refractivity contribution in [1.82, 2.24) is 20.0 Å². The Labute approximate surface area is 211 Å². The van der Waals surface area contributed by atoms with Gasteiger partial charge in [-0.2, -0.15) is 10.2 Å². The highest BCUT2D eigenvalue weighted by Gasteiger charge is 2.31. The lowest BCUT2D eigenvalue weighted by atomic mass is 9.94. The van der Waals surface area contributed by atoms with Crippen LogP contribution in [0.25, 0.3) is 0 Å². The Morgan fingerprint density at radius 2 is 1.53 bits per heavy atom. The standard InChI is InChI=1S/C16H30N2OSi.C11H22N2Si/c1-16(2,3)10-13-20(4,5)15-9-11-17-18(15)14-8-6-7-12-19-14;1-11(2,3)7-9-14(4,5)10-6-8-12-13-10/h9,11,14H,6-8,10,12-13H2,1-5H3;6,8H,7,9H2,1-5H3,(H,12,13). The molecule has 5 nitrogen and oxygen atoms in total. The largest absolute Gasteiger partial charge is 0.357 e. The molecule has 2 aromatic heterocycles. The normalized spacial score (nSPS) is 17.9. The van der Waals surface area contributed by atoms with Gasteiger partial charge in [0.1, 0.15) is 22.4 Å². The summed E-state index contributed by atoms with van der Waals surface area (Å²) in [5.74, 6) is 0. The van der Waals surface area contributed by atoms with Crippen molar-refractivity contribution in [1.29, 1.82) is 0 Å². The highest BCUT2D eigenvalue weighted by atomic mass is 28.3. The molecule has 0 saturated carbocycles. The van der Waals surface area contributed by atoms with Gasteiger partial charge < -0.3 is 4.74 Å². The number of aromatic nitrogens is 4. The first-order valence-corrected chi connectivity index (χ1v) is 19.7. The first kappa shape index (κ1) is 29.0. The van der Waals surface area contributed by atoms with Crippen molar-refractivity contribution in [3.05, 3.63) is 24.5 Å². The number of H-pyrrole nitrogens is 1. The van der Waals surface area contributed by atoms with Gasteiger partial charge >= 0.3 is 0 Å². The third kappa shape index (κ3) is 9.46. The van der Waals surface area contributed by atoms with E-state index >= 15 is 0 Å². The average molecular weight is 505 g/mol. The van der Waals surface area contributed by atoms with Crippen LogP contribution in [0.1, 0.15) is 79.9 Å². The molecular formula is C27H52N4OSi2. The quantitative estimate of drug-likeness (QED) is 0.427. The van der Waals surface area contributed by atoms with Gasteiger partial charge in [-0.3, -0.25) is 5.10 Å². The highest BCUT2D eigenvalue weighted by molar-refractivity contribution is 6.89. The predicted octanol–water partition coefficient (Wildman–Crippen LogP) is 6.70. The van der Waals surface area contributed by atoms with Gasteiger partial charge in [0.25, 0.3) is 0 Å². The Hall–Kier alpha value is -1.19. The van der Waals surface area contributed by atoms with Gasteiger partial charge in [-0.05, 0) is 42.2 Å². The van der Waals surface area contributed by atoms with Crippen LogP contribution in [0.2, 0.25) is 38.3 Å². The SMILES string of the molecule is CC(C)(C)CC[Si](C)(C)c1ccn[nH]1.CC(C)(C)CC[Si](C)(C)c1ccnn1C1CCCCO1. The maximum absolute atomic E-state index is 5.93. The average Bonchev–Trinajstić information content (AvgIpc) is 3.44. The number of nitrogens with one attached hydrogen (secondary N) is 1. The van der Waals surface area contributed by atoms with Crippen LogP contribution >= 0.6 is 0 Å². The molecule has 7 heteroatoms. The lowest BCUT2D eigenvalue weighted by molar-refractivity contribution is -0.0376. The molecule has 3 rings (SSSR count). The van der Waals surface area contributed by atoms with Gasteiger partial charge in [0.15, 0.2) is 0 Å². The van der Waals surface area contributed by atoms with Crippen LogP contribution in [0, 0.1) is 10.8 Å². The maximum Gasteiger partial charge on any atom is 0.149 e. The molecule has 1 aliphatic heterocycles. The van der Waals surface area contributed by atoms with E-state index in [1.165, 1.54) is 48.4 Å². The number of nitrogens with zero attached hydrogens (tertiary/aromatic N) is 3. The van der Waals surface area contributed by atoms with Gasteiger partial charge in [-0.1, -0.05) is 92.7 Å². The number of ether oxygens (including phenoxy) is 1. The van der Waals surface area contributed by atoms with Crippen LogP contribution in [-0.2, 0) is 4.74 Å². The second-order valence-corrected chi connectivity index (χ2v) is 23.4. The molecule has 0 spiro atoms. The van der Waals surface area contributed by atoms with Gasteiger partial charge in [0.05, 0.1) is 0 Å². The van der Waals surface area contributed by atoms with Crippen molar-refractivity contribution in [2.24, 2.45) is 10.8 Å². The van der Waals surface area contributed by atoms with E-state index in [2.05, 4.69) is 99.8 Å². The smallest absolute Gasteiger partial charge is 0.149 e. The number of aromatic amines is 1. The zero-order valence-electron chi connectivity index (χ0n) is 23.8. The zero-order chi connectivity index (χ0) is 25.6. The van der Waals surface area contributed by atoms with E-state index < -0.39 is 16.1 Å². The second-order valence-electron chi connectivity index (χ2n) is 13.8. The molecule has 1 fully saturated rings. The third-order valence-corrected chi connectivity index (χ3v) is 13.5. The van der Waals surface area contributed by atoms with Crippen LogP contribution in [0.4, 0.5) is 0 Å². The Bertz CT molecular complexity index is 839. The fraction of sp³-hybridized carbons (Fsp3) is 0.778. The summed E-state index contributed by atoms with van der Waals surface area (Å²) in [7, 11) is -2.70. The molecule has 0 amide bonds. The van der Waals surface area contributed by atoms with Gasteiger partial charge in [-0.25, -0.2) is 4.68 Å². The topological polar surface area (TPSA) is 55.7 Å². The monoisotopic (exact) mass is 504 g/mol. The molecule has 0 bridgehead atoms. The molecular weight excluding hydrogens is 452 g/mol. The summed E-state index contributed by atoms with van der Waals surface area (Å²) in [4.78, 5) is 0. The lowest BCUT2D eigenvalue weighted by Crippen LogP contribution is -2.48. The molecule has 194 valence electrons. The number of hydrogen-bond acceptors (Lipinski definition) is 3. The molecule has 0 aromatic carbocycles. The molecule has 3 heterocycles. The Kier molecular flexibility index (Phi) is 9.99. The van der Waals surface area contributed by atoms with Gasteiger partial charge in [0.2, 0.25) is 0 Å². The molecule has 1 unspecified atom stereocenters. The minimum Gasteiger partial charge on any atom is -0.357 e. The Morgan fingerprint density at radius 3 is 2.03 bits per heavy atom. The Balaban J connectivity index is 0.000000257. The molecule has 1 saturated heterocycles. The predicted molar refractivity (Wildman–Crippen MR) is 152 cm³/mol. The van der Waals surface area contributed by atoms with Crippen molar-refractivity contribution in [2.45, 2.75) is 118 Å². The summed E-state index contributed by atoms with van der Waals surface area (Å²) < 4.78 is 8.11. The molecule has 34 heavy (non-hydrogen) atoms. The van der Waals surface area contributed by atoms with Gasteiger partial charge in [-0.15, -0.1) is 0 Å². The minimum atomic E-state index is -1.45. The Morgan fingerprint density at radius 1 is 0.912 bits per heavy atom. The van der Waals surface area contributed by atoms with E-state index in [0.29, 0.717) is 10.8 Å². The van der Waals surface area contributed by atoms with Crippen molar-refractivity contribution in [3.63, 3.8) is 0 Å². The van der Waals surface area contributed by atoms with Crippen molar-refractivity contribution >= 4 is 26.8 Å². The molecule has 0 aliphatic carbocycles. The lowest BCUT2D eigenvalue weighted by Gasteiger charge is -2.31. The summed E-state index contributed by atoms with van der Waals surface area (Å²) in [6.45, 7) is 24.6. The molecule has 0 radical (unpaired) electrons. The van der Waals surface area contributed by atoms with E-state index in [4.69, 9.17) is 4.74 Å². The summed E-state index contributed by atoms with van der Waals surface area (Å²) in [5, 5.41) is 14.6. The first-order chi connectivity index (χ1) is 15.6. The minimum absolute atomic E-state index is 0.176. The summed E-state index contributed by atoms with van der Waals surface area (Å²) in [6.07, 6.45) is 10.1. The fourth-order valence-electron chi connectivity index (χ4n) is 4.27. The number of rotatable bonds is 7. The highest BCUT2D eigenvalue weighted by Crippen LogP contribution is 2.28. The van der Waals surface area contributed by atoms with Gasteiger partial charge in [0, 0.05) is 29.6 Å². The van der Waals surface area contributed by atoms with Crippen LogP contribution < -0.4 is 10.6 Å². The fourth-order valence-corrected chi connectivity index (χ4v) is 9.78. The summed E-state index contributed by atoms with van der Waals surface area (Å²) in [5.41, 5.74) is 0.862. The van der Waals surface area contributed by atoms with Crippen LogP contribution in [0.3, 0.4) is 0 Å². The number of hydrogen-bond donors (Lipinski definition) is 1. The second kappa shape index (κ2) is 11.7. The summed E-state index contributed by atoms with van der Waals surface area (Å²) >= 11 is 0. The van der Waals surface area contributed by atoms with Crippen LogP contribution in [0.5, 0.6) is 0 Å². The molecule has 1 aliphatic rings.